The van der Waals surface area contributed by atoms with E-state index in [1.54, 1.807) is 36.4 Å². The Morgan fingerprint density at radius 3 is 2.36 bits per heavy atom. The molecule has 0 aliphatic rings. The molecular formula is C18H15ClN6O3. The monoisotopic (exact) mass is 398 g/mol. The van der Waals surface area contributed by atoms with Crippen molar-refractivity contribution in [2.45, 2.75) is 0 Å². The number of aromatic nitrogens is 2. The molecule has 1 amide bonds. The zero-order valence-electron chi connectivity index (χ0n) is 14.3. The summed E-state index contributed by atoms with van der Waals surface area (Å²) in [4.78, 5) is 31.2. The van der Waals surface area contributed by atoms with Crippen LogP contribution in [0.15, 0.2) is 54.9 Å². The Kier molecular flexibility index (Phi) is 5.56. The molecule has 0 spiro atoms. The summed E-state index contributed by atoms with van der Waals surface area (Å²) in [5.74, 6) is -1.01. The Balaban J connectivity index is 1.71. The third-order valence-corrected chi connectivity index (χ3v) is 4.02. The molecule has 9 nitrogen and oxygen atoms in total. The normalized spacial score (nSPS) is 10.2. The van der Waals surface area contributed by atoms with Crippen LogP contribution in [0, 0.1) is 0 Å². The van der Waals surface area contributed by atoms with Gasteiger partial charge in [-0.05, 0) is 36.4 Å². The lowest BCUT2D eigenvalue weighted by atomic mass is 10.2. The second kappa shape index (κ2) is 8.23. The first kappa shape index (κ1) is 18.9. The summed E-state index contributed by atoms with van der Waals surface area (Å²) >= 11 is 5.99. The van der Waals surface area contributed by atoms with Crippen LogP contribution in [0.5, 0.6) is 0 Å². The number of hydrazine groups is 1. The van der Waals surface area contributed by atoms with Crippen molar-refractivity contribution in [1.29, 1.82) is 0 Å². The first-order chi connectivity index (χ1) is 13.5. The molecule has 0 radical (unpaired) electrons. The van der Waals surface area contributed by atoms with Crippen molar-refractivity contribution >= 4 is 46.5 Å². The molecular weight excluding hydrogens is 384 g/mol. The van der Waals surface area contributed by atoms with E-state index in [9.17, 15) is 9.59 Å². The van der Waals surface area contributed by atoms with E-state index in [-0.39, 0.29) is 22.9 Å². The van der Waals surface area contributed by atoms with Gasteiger partial charge in [-0.3, -0.25) is 15.6 Å². The van der Waals surface area contributed by atoms with E-state index < -0.39 is 11.9 Å². The Morgan fingerprint density at radius 2 is 1.68 bits per heavy atom. The van der Waals surface area contributed by atoms with Gasteiger partial charge in [0.05, 0.1) is 16.1 Å². The minimum Gasteiger partial charge on any atom is -0.478 e. The number of hydrogen-bond acceptors (Lipinski definition) is 7. The van der Waals surface area contributed by atoms with E-state index in [1.165, 1.54) is 18.5 Å². The van der Waals surface area contributed by atoms with Crippen LogP contribution >= 0.6 is 11.6 Å². The first-order valence-corrected chi connectivity index (χ1v) is 8.35. The highest BCUT2D eigenvalue weighted by Gasteiger charge is 2.12. The first-order valence-electron chi connectivity index (χ1n) is 7.97. The quantitative estimate of drug-likeness (QED) is 0.399. The number of aromatic carboxylic acids is 1. The van der Waals surface area contributed by atoms with Crippen molar-refractivity contribution in [2.24, 2.45) is 0 Å². The number of carbonyl (C=O) groups is 2. The van der Waals surface area contributed by atoms with Gasteiger partial charge < -0.3 is 16.2 Å². The number of nitrogens with zero attached hydrogens (tertiary/aromatic N) is 2. The summed E-state index contributed by atoms with van der Waals surface area (Å²) in [5, 5.41) is 12.2. The minimum atomic E-state index is -1.02. The molecule has 0 saturated carbocycles. The summed E-state index contributed by atoms with van der Waals surface area (Å²) in [6, 6.07) is 12.7. The van der Waals surface area contributed by atoms with Crippen LogP contribution in [0.25, 0.3) is 0 Å². The second-order valence-corrected chi connectivity index (χ2v) is 5.96. The molecule has 0 aliphatic carbocycles. The van der Waals surface area contributed by atoms with Gasteiger partial charge in [0.25, 0.3) is 5.91 Å². The standard InChI is InChI=1S/C18H15ClN6O3/c19-13-4-2-1-3-12(13)17(26)25-24-16-14(20)15(21-9-22-16)23-11-7-5-10(6-8-11)18(27)28/h1-9H,20H2,(H,25,26)(H,27,28)(H2,21,22,23,24). The van der Waals surface area contributed by atoms with Gasteiger partial charge >= 0.3 is 5.97 Å². The number of carbonyl (C=O) groups excluding carboxylic acids is 1. The zero-order valence-corrected chi connectivity index (χ0v) is 15.1. The molecule has 0 saturated heterocycles. The van der Waals surface area contributed by atoms with Crippen molar-refractivity contribution in [2.75, 3.05) is 16.5 Å². The molecule has 1 heterocycles. The van der Waals surface area contributed by atoms with Crippen molar-refractivity contribution in [1.82, 2.24) is 15.4 Å². The van der Waals surface area contributed by atoms with E-state index in [2.05, 4.69) is 26.1 Å². The summed E-state index contributed by atoms with van der Waals surface area (Å²) in [7, 11) is 0. The number of halogens is 1. The molecule has 6 N–H and O–H groups in total. The van der Waals surface area contributed by atoms with Crippen LogP contribution in [-0.2, 0) is 0 Å². The van der Waals surface area contributed by atoms with Crippen molar-refractivity contribution in [3.05, 3.63) is 71.0 Å². The third-order valence-electron chi connectivity index (χ3n) is 3.69. The highest BCUT2D eigenvalue weighted by atomic mass is 35.5. The molecule has 3 aromatic rings. The maximum absolute atomic E-state index is 12.2. The van der Waals surface area contributed by atoms with Crippen molar-refractivity contribution in [3.8, 4) is 0 Å². The summed E-state index contributed by atoms with van der Waals surface area (Å²) in [6.45, 7) is 0. The van der Waals surface area contributed by atoms with Gasteiger partial charge in [0.15, 0.2) is 11.6 Å². The predicted molar refractivity (Wildman–Crippen MR) is 106 cm³/mol. The third kappa shape index (κ3) is 4.27. The van der Waals surface area contributed by atoms with Gasteiger partial charge in [0, 0.05) is 5.69 Å². The minimum absolute atomic E-state index is 0.157. The number of benzene rings is 2. The van der Waals surface area contributed by atoms with Gasteiger partial charge in [-0.15, -0.1) is 0 Å². The number of nitrogens with two attached hydrogens (primary N) is 1. The molecule has 3 rings (SSSR count). The molecule has 0 aliphatic heterocycles. The molecule has 2 aromatic carbocycles. The molecule has 0 unspecified atom stereocenters. The predicted octanol–water partition coefficient (Wildman–Crippen LogP) is 2.91. The van der Waals surface area contributed by atoms with Crippen molar-refractivity contribution in [3.63, 3.8) is 0 Å². The lowest BCUT2D eigenvalue weighted by molar-refractivity contribution is 0.0696. The number of carboxylic acids is 1. The largest absolute Gasteiger partial charge is 0.478 e. The molecule has 1 aromatic heterocycles. The van der Waals surface area contributed by atoms with Gasteiger partial charge in [0.1, 0.15) is 12.0 Å². The van der Waals surface area contributed by atoms with E-state index in [0.29, 0.717) is 16.3 Å². The van der Waals surface area contributed by atoms with Crippen molar-refractivity contribution < 1.29 is 14.7 Å². The smallest absolute Gasteiger partial charge is 0.335 e. The Labute approximate surface area is 164 Å². The summed E-state index contributed by atoms with van der Waals surface area (Å²) in [6.07, 6.45) is 1.26. The van der Waals surface area contributed by atoms with E-state index in [4.69, 9.17) is 22.4 Å². The van der Waals surface area contributed by atoms with Crippen LogP contribution in [0.1, 0.15) is 20.7 Å². The fraction of sp³-hybridized carbons (Fsp3) is 0. The number of nitrogens with one attached hydrogen (secondary N) is 3. The SMILES string of the molecule is Nc1c(NNC(=O)c2ccccc2Cl)ncnc1Nc1ccc(C(=O)O)cc1. The lowest BCUT2D eigenvalue weighted by Gasteiger charge is -2.13. The lowest BCUT2D eigenvalue weighted by Crippen LogP contribution is -2.30. The topological polar surface area (TPSA) is 142 Å². The number of amides is 1. The van der Waals surface area contributed by atoms with E-state index >= 15 is 0 Å². The highest BCUT2D eigenvalue weighted by Crippen LogP contribution is 2.25. The maximum Gasteiger partial charge on any atom is 0.335 e. The van der Waals surface area contributed by atoms with Crippen LogP contribution in [0.3, 0.4) is 0 Å². The molecule has 10 heteroatoms. The second-order valence-electron chi connectivity index (χ2n) is 5.55. The van der Waals surface area contributed by atoms with Gasteiger partial charge in [-0.1, -0.05) is 23.7 Å². The molecule has 0 fully saturated rings. The average Bonchev–Trinajstić information content (AvgIpc) is 2.69. The number of hydrogen-bond donors (Lipinski definition) is 5. The summed E-state index contributed by atoms with van der Waals surface area (Å²) in [5.41, 5.74) is 12.3. The molecule has 0 atom stereocenters. The van der Waals surface area contributed by atoms with E-state index in [0.717, 1.165) is 0 Å². The fourth-order valence-corrected chi connectivity index (χ4v) is 2.48. The molecule has 142 valence electrons. The van der Waals surface area contributed by atoms with Crippen LogP contribution in [0.2, 0.25) is 5.02 Å². The van der Waals surface area contributed by atoms with Crippen LogP contribution < -0.4 is 21.9 Å². The number of rotatable bonds is 6. The van der Waals surface area contributed by atoms with Gasteiger partial charge in [-0.2, -0.15) is 0 Å². The highest BCUT2D eigenvalue weighted by molar-refractivity contribution is 6.33. The number of nitrogen functional groups attached to an aromatic ring is 1. The fourth-order valence-electron chi connectivity index (χ4n) is 2.26. The van der Waals surface area contributed by atoms with Crippen LogP contribution in [0.4, 0.5) is 23.0 Å². The number of anilines is 4. The average molecular weight is 399 g/mol. The van der Waals surface area contributed by atoms with Gasteiger partial charge in [0.2, 0.25) is 0 Å². The Bertz CT molecular complexity index is 1030. The molecule has 28 heavy (non-hydrogen) atoms. The molecule has 0 bridgehead atoms. The van der Waals surface area contributed by atoms with Crippen LogP contribution in [-0.4, -0.2) is 27.0 Å². The zero-order chi connectivity index (χ0) is 20.1. The van der Waals surface area contributed by atoms with E-state index in [1.807, 2.05) is 0 Å². The summed E-state index contributed by atoms with van der Waals surface area (Å²) < 4.78 is 0. The Hall–Kier alpha value is -3.85. The number of carboxylic acid groups (broad SMARTS) is 1. The Morgan fingerprint density at radius 1 is 1.00 bits per heavy atom. The van der Waals surface area contributed by atoms with Gasteiger partial charge in [-0.25, -0.2) is 14.8 Å². The maximum atomic E-state index is 12.2.